The summed E-state index contributed by atoms with van der Waals surface area (Å²) in [5.74, 6) is 0.0122. The zero-order chi connectivity index (χ0) is 25.4. The monoisotopic (exact) mass is 501 g/mol. The molecule has 0 heterocycles. The van der Waals surface area contributed by atoms with Gasteiger partial charge in [0.2, 0.25) is 10.0 Å². The average Bonchev–Trinajstić information content (AvgIpc) is 2.92. The molecule has 184 valence electrons. The number of esters is 1. The summed E-state index contributed by atoms with van der Waals surface area (Å²) in [6, 6.07) is 32.2. The van der Waals surface area contributed by atoms with Crippen LogP contribution in [0.5, 0.6) is 5.75 Å². The van der Waals surface area contributed by atoms with E-state index in [2.05, 4.69) is 0 Å². The fraction of sp³-hybridized carbons (Fsp3) is 0.138. The molecule has 0 aliphatic carbocycles. The van der Waals surface area contributed by atoms with Crippen LogP contribution in [0.15, 0.2) is 109 Å². The molecule has 0 saturated heterocycles. The van der Waals surface area contributed by atoms with Gasteiger partial charge in [-0.1, -0.05) is 72.8 Å². The summed E-state index contributed by atoms with van der Waals surface area (Å²) >= 11 is 0. The largest absolute Gasteiger partial charge is 0.497 e. The number of carbonyl (C=O) groups excluding carboxylic acids is 1. The van der Waals surface area contributed by atoms with Crippen LogP contribution in [0.2, 0.25) is 0 Å². The van der Waals surface area contributed by atoms with E-state index in [9.17, 15) is 13.2 Å². The SMILES string of the molecule is COc1ccc(CS(=O)(=O)N(Cc2ccccc2)c2ccc(C(=O)OCc3ccccc3)cc2)cc1. The van der Waals surface area contributed by atoms with Crippen molar-refractivity contribution in [3.8, 4) is 5.75 Å². The predicted molar refractivity (Wildman–Crippen MR) is 140 cm³/mol. The van der Waals surface area contributed by atoms with Crippen LogP contribution < -0.4 is 9.04 Å². The molecule has 0 N–H and O–H groups in total. The van der Waals surface area contributed by atoms with Crippen molar-refractivity contribution in [3.63, 3.8) is 0 Å². The highest BCUT2D eigenvalue weighted by atomic mass is 32.2. The molecule has 0 aromatic heterocycles. The fourth-order valence-corrected chi connectivity index (χ4v) is 5.24. The van der Waals surface area contributed by atoms with E-state index < -0.39 is 16.0 Å². The summed E-state index contributed by atoms with van der Waals surface area (Å²) in [6.07, 6.45) is 0. The molecular formula is C29H27NO5S. The number of rotatable bonds is 10. The summed E-state index contributed by atoms with van der Waals surface area (Å²) in [5.41, 5.74) is 3.20. The van der Waals surface area contributed by atoms with Gasteiger partial charge in [0.15, 0.2) is 0 Å². The van der Waals surface area contributed by atoms with Gasteiger partial charge >= 0.3 is 5.97 Å². The van der Waals surface area contributed by atoms with Gasteiger partial charge in [0.05, 0.1) is 30.7 Å². The zero-order valence-electron chi connectivity index (χ0n) is 19.9. The molecule has 0 radical (unpaired) electrons. The van der Waals surface area contributed by atoms with E-state index in [0.29, 0.717) is 22.6 Å². The molecule has 4 aromatic carbocycles. The Labute approximate surface area is 211 Å². The topological polar surface area (TPSA) is 72.9 Å². The second kappa shape index (κ2) is 11.6. The second-order valence-corrected chi connectivity index (χ2v) is 10.1. The first-order valence-electron chi connectivity index (χ1n) is 11.4. The molecule has 0 amide bonds. The van der Waals surface area contributed by atoms with Gasteiger partial charge in [0.25, 0.3) is 0 Å². The molecule has 0 unspecified atom stereocenters. The maximum Gasteiger partial charge on any atom is 0.338 e. The van der Waals surface area contributed by atoms with Crippen LogP contribution in [-0.4, -0.2) is 21.5 Å². The van der Waals surface area contributed by atoms with Crippen molar-refractivity contribution >= 4 is 21.7 Å². The summed E-state index contributed by atoms with van der Waals surface area (Å²) in [7, 11) is -2.19. The number of sulfonamides is 1. The minimum atomic E-state index is -3.75. The number of hydrogen-bond donors (Lipinski definition) is 0. The molecule has 0 aliphatic rings. The number of nitrogens with zero attached hydrogens (tertiary/aromatic N) is 1. The molecule has 0 fully saturated rings. The van der Waals surface area contributed by atoms with Crippen molar-refractivity contribution in [2.45, 2.75) is 18.9 Å². The van der Waals surface area contributed by atoms with Crippen molar-refractivity contribution in [3.05, 3.63) is 131 Å². The molecule has 0 saturated carbocycles. The quantitative estimate of drug-likeness (QED) is 0.265. The summed E-state index contributed by atoms with van der Waals surface area (Å²) in [4.78, 5) is 12.5. The van der Waals surface area contributed by atoms with Gasteiger partial charge in [-0.15, -0.1) is 0 Å². The number of hydrogen-bond acceptors (Lipinski definition) is 5. The van der Waals surface area contributed by atoms with E-state index in [1.165, 1.54) is 4.31 Å². The summed E-state index contributed by atoms with van der Waals surface area (Å²) in [6.45, 7) is 0.328. The Bertz CT molecular complexity index is 1370. The van der Waals surface area contributed by atoms with E-state index in [0.717, 1.165) is 11.1 Å². The van der Waals surface area contributed by atoms with Crippen molar-refractivity contribution in [1.29, 1.82) is 0 Å². The first-order chi connectivity index (χ1) is 17.4. The van der Waals surface area contributed by atoms with E-state index in [-0.39, 0.29) is 18.9 Å². The van der Waals surface area contributed by atoms with Crippen LogP contribution in [0.25, 0.3) is 0 Å². The van der Waals surface area contributed by atoms with Crippen molar-refractivity contribution < 1.29 is 22.7 Å². The lowest BCUT2D eigenvalue weighted by Gasteiger charge is -2.25. The van der Waals surface area contributed by atoms with Gasteiger partial charge in [0.1, 0.15) is 12.4 Å². The Kier molecular flexibility index (Phi) is 8.02. The number of ether oxygens (including phenoxy) is 2. The van der Waals surface area contributed by atoms with Crippen LogP contribution in [0.3, 0.4) is 0 Å². The van der Waals surface area contributed by atoms with Gasteiger partial charge in [-0.2, -0.15) is 0 Å². The molecular weight excluding hydrogens is 474 g/mol. The van der Waals surface area contributed by atoms with Gasteiger partial charge in [-0.3, -0.25) is 4.31 Å². The lowest BCUT2D eigenvalue weighted by molar-refractivity contribution is 0.0472. The first-order valence-corrected chi connectivity index (χ1v) is 13.0. The average molecular weight is 502 g/mol. The predicted octanol–water partition coefficient (Wildman–Crippen LogP) is 5.59. The number of carbonyl (C=O) groups is 1. The lowest BCUT2D eigenvalue weighted by Crippen LogP contribution is -2.31. The Hall–Kier alpha value is -4.10. The molecule has 0 bridgehead atoms. The van der Waals surface area contributed by atoms with E-state index in [4.69, 9.17) is 9.47 Å². The van der Waals surface area contributed by atoms with Crippen LogP contribution in [0, 0.1) is 0 Å². The summed E-state index contributed by atoms with van der Waals surface area (Å²) in [5, 5.41) is 0. The highest BCUT2D eigenvalue weighted by Crippen LogP contribution is 2.25. The maximum atomic E-state index is 13.5. The van der Waals surface area contributed by atoms with Gasteiger partial charge in [-0.25, -0.2) is 13.2 Å². The van der Waals surface area contributed by atoms with E-state index >= 15 is 0 Å². The number of methoxy groups -OCH3 is 1. The van der Waals surface area contributed by atoms with Crippen molar-refractivity contribution in [2.75, 3.05) is 11.4 Å². The lowest BCUT2D eigenvalue weighted by atomic mass is 10.2. The molecule has 4 aromatic rings. The van der Waals surface area contributed by atoms with E-state index in [1.807, 2.05) is 60.7 Å². The number of anilines is 1. The third-order valence-corrected chi connectivity index (χ3v) is 7.33. The smallest absolute Gasteiger partial charge is 0.338 e. The molecule has 4 rings (SSSR count). The third kappa shape index (κ3) is 6.52. The van der Waals surface area contributed by atoms with Crippen molar-refractivity contribution in [1.82, 2.24) is 0 Å². The second-order valence-electron chi connectivity index (χ2n) is 8.21. The highest BCUT2D eigenvalue weighted by Gasteiger charge is 2.24. The highest BCUT2D eigenvalue weighted by molar-refractivity contribution is 7.92. The van der Waals surface area contributed by atoms with Crippen LogP contribution in [0.1, 0.15) is 27.0 Å². The maximum absolute atomic E-state index is 13.5. The van der Waals surface area contributed by atoms with Gasteiger partial charge < -0.3 is 9.47 Å². The minimum absolute atomic E-state index is 0.164. The third-order valence-electron chi connectivity index (χ3n) is 5.62. The van der Waals surface area contributed by atoms with Gasteiger partial charge in [-0.05, 0) is 53.1 Å². The summed E-state index contributed by atoms with van der Waals surface area (Å²) < 4.78 is 39.0. The first kappa shape index (κ1) is 25.0. The Morgan fingerprint density at radius 1 is 0.722 bits per heavy atom. The zero-order valence-corrected chi connectivity index (χ0v) is 20.7. The van der Waals surface area contributed by atoms with E-state index in [1.54, 1.807) is 55.6 Å². The molecule has 6 nitrogen and oxygen atoms in total. The Morgan fingerprint density at radius 2 is 1.31 bits per heavy atom. The van der Waals surface area contributed by atoms with Gasteiger partial charge in [0, 0.05) is 0 Å². The minimum Gasteiger partial charge on any atom is -0.497 e. The van der Waals surface area contributed by atoms with Crippen molar-refractivity contribution in [2.24, 2.45) is 0 Å². The normalized spacial score (nSPS) is 11.0. The standard InChI is InChI=1S/C29H27NO5S/c1-34-28-18-12-25(13-19-28)22-36(32,33)30(20-23-8-4-2-5-9-23)27-16-14-26(15-17-27)29(31)35-21-24-10-6-3-7-11-24/h2-19H,20-22H2,1H3. The molecule has 0 spiro atoms. The van der Waals surface area contributed by atoms with Crippen LogP contribution in [-0.2, 0) is 33.7 Å². The molecule has 0 atom stereocenters. The molecule has 0 aliphatic heterocycles. The number of benzene rings is 4. The molecule has 36 heavy (non-hydrogen) atoms. The van der Waals surface area contributed by atoms with Crippen LogP contribution in [0.4, 0.5) is 5.69 Å². The molecule has 7 heteroatoms. The fourth-order valence-electron chi connectivity index (χ4n) is 3.68. The Morgan fingerprint density at radius 3 is 1.89 bits per heavy atom. The Balaban J connectivity index is 1.55. The van der Waals surface area contributed by atoms with Crippen LogP contribution >= 0.6 is 0 Å².